The monoisotopic (exact) mass is 919 g/mol. The standard InChI is InChI=1S/C65H37N5O2/c1-2-17-44(18-3-1)69-53-23-11-8-20-46(53)50-33-41(28-30-54(50)69)63-66-64(42-26-29-49-47-21-9-12-24-58(47)71-60(49)37-42)68-65(67-63)43-34-51-48-22-10-13-25-59(48)72-62(51)57(36-43)70-55-31-27-38-14-6-7-19-45(38)61(55)52-32-39-15-4-5-16-40(39)35-56(52)70/h1-37H. The fourth-order valence-corrected chi connectivity index (χ4v) is 11.4. The number of hydrogen-bond donors (Lipinski definition) is 0. The lowest BCUT2D eigenvalue weighted by Gasteiger charge is -2.13. The van der Waals surface area contributed by atoms with Crippen LogP contribution in [-0.2, 0) is 0 Å². The number of nitrogens with zero attached hydrogens (tertiary/aromatic N) is 5. The second-order valence-corrected chi connectivity index (χ2v) is 18.7. The second kappa shape index (κ2) is 14.8. The third kappa shape index (κ3) is 5.70. The molecule has 0 aliphatic rings. The molecule has 0 aliphatic carbocycles. The zero-order valence-electron chi connectivity index (χ0n) is 38.4. The Hall–Kier alpha value is -9.85. The molecule has 0 aliphatic heterocycles. The smallest absolute Gasteiger partial charge is 0.164 e. The second-order valence-electron chi connectivity index (χ2n) is 18.7. The molecule has 0 saturated carbocycles. The molecule has 16 rings (SSSR count). The first kappa shape index (κ1) is 39.0. The summed E-state index contributed by atoms with van der Waals surface area (Å²) in [5.41, 5.74) is 12.1. The molecule has 11 aromatic carbocycles. The van der Waals surface area contributed by atoms with Gasteiger partial charge in [-0.25, -0.2) is 15.0 Å². The van der Waals surface area contributed by atoms with E-state index in [1.807, 2.05) is 30.3 Å². The Morgan fingerprint density at radius 3 is 1.67 bits per heavy atom. The zero-order chi connectivity index (χ0) is 47.0. The highest BCUT2D eigenvalue weighted by Gasteiger charge is 2.24. The lowest BCUT2D eigenvalue weighted by Crippen LogP contribution is -2.02. The Bertz CT molecular complexity index is 4940. The van der Waals surface area contributed by atoms with E-state index in [1.54, 1.807) is 0 Å². The zero-order valence-corrected chi connectivity index (χ0v) is 38.4. The molecule has 0 atom stereocenters. The third-order valence-corrected chi connectivity index (χ3v) is 14.7. The molecule has 334 valence electrons. The highest BCUT2D eigenvalue weighted by atomic mass is 16.3. The fourth-order valence-electron chi connectivity index (χ4n) is 11.4. The predicted octanol–water partition coefficient (Wildman–Crippen LogP) is 17.2. The van der Waals surface area contributed by atoms with Crippen molar-refractivity contribution < 1.29 is 8.83 Å². The average Bonchev–Trinajstić information content (AvgIpc) is 4.20. The predicted molar refractivity (Wildman–Crippen MR) is 294 cm³/mol. The number of furan rings is 2. The summed E-state index contributed by atoms with van der Waals surface area (Å²) in [6, 6.07) is 79.2. The molecule has 0 radical (unpaired) electrons. The molecule has 0 amide bonds. The molecular formula is C65H37N5O2. The number of aromatic nitrogens is 5. The first-order valence-electron chi connectivity index (χ1n) is 24.2. The van der Waals surface area contributed by atoms with Crippen LogP contribution in [0.3, 0.4) is 0 Å². The molecule has 16 aromatic rings. The van der Waals surface area contributed by atoms with Crippen LogP contribution in [0.15, 0.2) is 233 Å². The van der Waals surface area contributed by atoms with Gasteiger partial charge in [-0.15, -0.1) is 0 Å². The van der Waals surface area contributed by atoms with Crippen molar-refractivity contribution in [3.8, 4) is 45.5 Å². The van der Waals surface area contributed by atoms with Crippen molar-refractivity contribution in [1.29, 1.82) is 0 Å². The van der Waals surface area contributed by atoms with Crippen molar-refractivity contribution >= 4 is 109 Å². The van der Waals surface area contributed by atoms with Crippen LogP contribution in [0.5, 0.6) is 0 Å². The molecule has 0 unspecified atom stereocenters. The third-order valence-electron chi connectivity index (χ3n) is 14.7. The van der Waals surface area contributed by atoms with Gasteiger partial charge in [0.2, 0.25) is 0 Å². The van der Waals surface area contributed by atoms with Crippen molar-refractivity contribution in [2.45, 2.75) is 0 Å². The first-order chi connectivity index (χ1) is 35.7. The van der Waals surface area contributed by atoms with E-state index in [9.17, 15) is 0 Å². The van der Waals surface area contributed by atoms with E-state index in [-0.39, 0.29) is 0 Å². The van der Waals surface area contributed by atoms with Crippen molar-refractivity contribution in [1.82, 2.24) is 24.1 Å². The van der Waals surface area contributed by atoms with Gasteiger partial charge < -0.3 is 18.0 Å². The van der Waals surface area contributed by atoms with E-state index in [4.69, 9.17) is 23.8 Å². The number of rotatable bonds is 5. The summed E-state index contributed by atoms with van der Waals surface area (Å²) in [5, 5.41) is 13.4. The molecular weight excluding hydrogens is 883 g/mol. The van der Waals surface area contributed by atoms with Crippen molar-refractivity contribution in [3.63, 3.8) is 0 Å². The molecule has 0 bridgehead atoms. The summed E-state index contributed by atoms with van der Waals surface area (Å²) in [7, 11) is 0. The van der Waals surface area contributed by atoms with Crippen LogP contribution in [0.2, 0.25) is 0 Å². The average molecular weight is 920 g/mol. The molecule has 72 heavy (non-hydrogen) atoms. The minimum Gasteiger partial charge on any atom is -0.456 e. The van der Waals surface area contributed by atoms with Gasteiger partial charge in [-0.1, -0.05) is 133 Å². The van der Waals surface area contributed by atoms with Gasteiger partial charge in [0.05, 0.1) is 27.8 Å². The number of hydrogen-bond acceptors (Lipinski definition) is 5. The summed E-state index contributed by atoms with van der Waals surface area (Å²) in [6.07, 6.45) is 0. The van der Waals surface area contributed by atoms with Gasteiger partial charge in [-0.2, -0.15) is 0 Å². The molecule has 0 fully saturated rings. The van der Waals surface area contributed by atoms with E-state index in [0.717, 1.165) is 110 Å². The lowest BCUT2D eigenvalue weighted by molar-refractivity contribution is 0.666. The van der Waals surface area contributed by atoms with Gasteiger partial charge in [0.25, 0.3) is 0 Å². The van der Waals surface area contributed by atoms with Crippen molar-refractivity contribution in [2.24, 2.45) is 0 Å². The van der Waals surface area contributed by atoms with Gasteiger partial charge in [-0.3, -0.25) is 0 Å². The van der Waals surface area contributed by atoms with E-state index in [0.29, 0.717) is 17.5 Å². The number of benzene rings is 11. The van der Waals surface area contributed by atoms with E-state index in [2.05, 4.69) is 203 Å². The molecule has 7 heteroatoms. The van der Waals surface area contributed by atoms with Crippen LogP contribution in [0.1, 0.15) is 0 Å². The van der Waals surface area contributed by atoms with Gasteiger partial charge >= 0.3 is 0 Å². The normalized spacial score (nSPS) is 12.2. The van der Waals surface area contributed by atoms with Gasteiger partial charge in [0.1, 0.15) is 16.7 Å². The van der Waals surface area contributed by atoms with Crippen LogP contribution < -0.4 is 0 Å². The molecule has 0 N–H and O–H groups in total. The lowest BCUT2D eigenvalue weighted by atomic mass is 10.0. The number of para-hydroxylation sites is 4. The first-order valence-corrected chi connectivity index (χ1v) is 24.2. The topological polar surface area (TPSA) is 74.8 Å². The van der Waals surface area contributed by atoms with Crippen LogP contribution in [0, 0.1) is 0 Å². The minimum absolute atomic E-state index is 0.539. The quantitative estimate of drug-likeness (QED) is 0.172. The Morgan fingerprint density at radius 1 is 0.292 bits per heavy atom. The van der Waals surface area contributed by atoms with Gasteiger partial charge in [-0.05, 0) is 113 Å². The maximum atomic E-state index is 6.95. The maximum absolute atomic E-state index is 6.95. The summed E-state index contributed by atoms with van der Waals surface area (Å²) < 4.78 is 18.1. The summed E-state index contributed by atoms with van der Waals surface area (Å²) in [6.45, 7) is 0. The SMILES string of the molecule is c1ccc(-n2c3ccccc3c3cc(-c4nc(-c5ccc6c(c5)oc5ccccc56)nc(-c5cc(-n6c7cc8ccccc8cc7c7c8ccccc8ccc76)c6oc7ccccc7c6c5)n4)ccc32)cc1. The molecule has 0 spiro atoms. The summed E-state index contributed by atoms with van der Waals surface area (Å²) in [4.78, 5) is 16.2. The van der Waals surface area contributed by atoms with Crippen LogP contribution >= 0.6 is 0 Å². The van der Waals surface area contributed by atoms with Crippen molar-refractivity contribution in [3.05, 3.63) is 224 Å². The van der Waals surface area contributed by atoms with E-state index >= 15 is 0 Å². The van der Waals surface area contributed by atoms with E-state index in [1.165, 1.54) is 26.9 Å². The maximum Gasteiger partial charge on any atom is 0.164 e. The number of fused-ring (bicyclic) bond motifs is 15. The minimum atomic E-state index is 0.539. The molecule has 0 saturated heterocycles. The molecule has 7 nitrogen and oxygen atoms in total. The highest BCUT2D eigenvalue weighted by molar-refractivity contribution is 6.24. The highest BCUT2D eigenvalue weighted by Crippen LogP contribution is 2.44. The summed E-state index contributed by atoms with van der Waals surface area (Å²) in [5.74, 6) is 1.64. The van der Waals surface area contributed by atoms with Crippen LogP contribution in [0.25, 0.3) is 155 Å². The Kier molecular flexibility index (Phi) is 8.04. The summed E-state index contributed by atoms with van der Waals surface area (Å²) >= 11 is 0. The van der Waals surface area contributed by atoms with Crippen molar-refractivity contribution in [2.75, 3.05) is 0 Å². The van der Waals surface area contributed by atoms with Gasteiger partial charge in [0.15, 0.2) is 23.1 Å². The van der Waals surface area contributed by atoms with Crippen LogP contribution in [-0.4, -0.2) is 24.1 Å². The van der Waals surface area contributed by atoms with Gasteiger partial charge in [0, 0.05) is 65.5 Å². The largest absolute Gasteiger partial charge is 0.456 e. The Labute approximate surface area is 410 Å². The van der Waals surface area contributed by atoms with Crippen LogP contribution in [0.4, 0.5) is 0 Å². The molecule has 5 heterocycles. The Balaban J connectivity index is 0.985. The fraction of sp³-hybridized carbons (Fsp3) is 0. The Morgan fingerprint density at radius 2 is 0.861 bits per heavy atom. The van der Waals surface area contributed by atoms with E-state index < -0.39 is 0 Å². The molecule has 5 aromatic heterocycles.